The lowest BCUT2D eigenvalue weighted by atomic mass is 10.0. The summed E-state index contributed by atoms with van der Waals surface area (Å²) in [6, 6.07) is 4.11. The van der Waals surface area contributed by atoms with Crippen molar-refractivity contribution >= 4 is 0 Å². The predicted molar refractivity (Wildman–Crippen MR) is 63.0 cm³/mol. The standard InChI is InChI=1S/C13H17NO/c1-10-8-11(2)12(6-4-5-7-14)13(9-10)15-3/h8-9H,5,7,14H2,1-3H3. The number of rotatable bonds is 2. The summed E-state index contributed by atoms with van der Waals surface area (Å²) in [7, 11) is 1.67. The molecule has 80 valence electrons. The molecule has 0 aliphatic carbocycles. The molecule has 0 fully saturated rings. The van der Waals surface area contributed by atoms with Crippen LogP contribution < -0.4 is 10.5 Å². The number of ether oxygens (including phenoxy) is 1. The van der Waals surface area contributed by atoms with E-state index in [4.69, 9.17) is 10.5 Å². The first kappa shape index (κ1) is 11.6. The van der Waals surface area contributed by atoms with Crippen LogP contribution >= 0.6 is 0 Å². The van der Waals surface area contributed by atoms with E-state index in [1.165, 1.54) is 5.56 Å². The van der Waals surface area contributed by atoms with Crippen molar-refractivity contribution in [1.82, 2.24) is 0 Å². The Hall–Kier alpha value is -1.46. The number of nitrogens with two attached hydrogens (primary N) is 1. The first-order valence-corrected chi connectivity index (χ1v) is 5.03. The molecule has 0 atom stereocenters. The minimum Gasteiger partial charge on any atom is -0.495 e. The lowest BCUT2D eigenvalue weighted by molar-refractivity contribution is 0.413. The maximum atomic E-state index is 5.39. The van der Waals surface area contributed by atoms with Gasteiger partial charge in [-0.15, -0.1) is 0 Å². The van der Waals surface area contributed by atoms with E-state index in [0.29, 0.717) is 6.54 Å². The van der Waals surface area contributed by atoms with Crippen LogP contribution in [0.2, 0.25) is 0 Å². The van der Waals surface area contributed by atoms with E-state index in [1.54, 1.807) is 7.11 Å². The lowest BCUT2D eigenvalue weighted by Gasteiger charge is -2.07. The molecule has 0 heterocycles. The van der Waals surface area contributed by atoms with Crippen LogP contribution in [0.4, 0.5) is 0 Å². The lowest BCUT2D eigenvalue weighted by Crippen LogP contribution is -1.96. The molecule has 1 aromatic carbocycles. The summed E-state index contributed by atoms with van der Waals surface area (Å²) >= 11 is 0. The smallest absolute Gasteiger partial charge is 0.135 e. The van der Waals surface area contributed by atoms with Crippen LogP contribution in [0, 0.1) is 25.7 Å². The zero-order valence-corrected chi connectivity index (χ0v) is 9.55. The van der Waals surface area contributed by atoms with E-state index in [1.807, 2.05) is 19.9 Å². The first-order chi connectivity index (χ1) is 7.19. The molecule has 0 aliphatic rings. The summed E-state index contributed by atoms with van der Waals surface area (Å²) in [4.78, 5) is 0. The number of hydrogen-bond acceptors (Lipinski definition) is 2. The third-order valence-electron chi connectivity index (χ3n) is 2.15. The van der Waals surface area contributed by atoms with Crippen molar-refractivity contribution in [3.8, 4) is 17.6 Å². The molecule has 0 unspecified atom stereocenters. The minimum absolute atomic E-state index is 0.597. The van der Waals surface area contributed by atoms with Gasteiger partial charge in [0.2, 0.25) is 0 Å². The highest BCUT2D eigenvalue weighted by Crippen LogP contribution is 2.22. The fourth-order valence-corrected chi connectivity index (χ4v) is 1.47. The largest absolute Gasteiger partial charge is 0.495 e. The van der Waals surface area contributed by atoms with Crippen LogP contribution in [0.5, 0.6) is 5.75 Å². The minimum atomic E-state index is 0.597. The summed E-state index contributed by atoms with van der Waals surface area (Å²) in [5.41, 5.74) is 8.70. The van der Waals surface area contributed by atoms with Gasteiger partial charge >= 0.3 is 0 Å². The topological polar surface area (TPSA) is 35.2 Å². The van der Waals surface area contributed by atoms with Crippen LogP contribution in [0.15, 0.2) is 12.1 Å². The van der Waals surface area contributed by atoms with Gasteiger partial charge in [0.15, 0.2) is 0 Å². The van der Waals surface area contributed by atoms with Crippen molar-refractivity contribution < 1.29 is 4.74 Å². The van der Waals surface area contributed by atoms with Gasteiger partial charge < -0.3 is 10.5 Å². The Bertz CT molecular complexity index is 399. The Balaban J connectivity index is 3.11. The number of methoxy groups -OCH3 is 1. The Labute approximate surface area is 91.4 Å². The van der Waals surface area contributed by atoms with Crippen molar-refractivity contribution in [3.05, 3.63) is 28.8 Å². The fraction of sp³-hybridized carbons (Fsp3) is 0.385. The molecular formula is C13H17NO. The molecule has 0 saturated carbocycles. The highest BCUT2D eigenvalue weighted by atomic mass is 16.5. The van der Waals surface area contributed by atoms with Crippen LogP contribution in [0.3, 0.4) is 0 Å². The maximum Gasteiger partial charge on any atom is 0.135 e. The quantitative estimate of drug-likeness (QED) is 0.746. The van der Waals surface area contributed by atoms with E-state index >= 15 is 0 Å². The van der Waals surface area contributed by atoms with Crippen molar-refractivity contribution in [1.29, 1.82) is 0 Å². The zero-order chi connectivity index (χ0) is 11.3. The van der Waals surface area contributed by atoms with Crippen molar-refractivity contribution in [2.45, 2.75) is 20.3 Å². The molecule has 0 aromatic heterocycles. The van der Waals surface area contributed by atoms with Crippen molar-refractivity contribution in [2.24, 2.45) is 5.73 Å². The van der Waals surface area contributed by atoms with Crippen LogP contribution in [-0.4, -0.2) is 13.7 Å². The summed E-state index contributed by atoms with van der Waals surface area (Å²) in [5, 5.41) is 0. The summed E-state index contributed by atoms with van der Waals surface area (Å²) in [6.45, 7) is 4.69. The second-order valence-corrected chi connectivity index (χ2v) is 3.50. The van der Waals surface area contributed by atoms with E-state index in [9.17, 15) is 0 Å². The molecule has 0 bridgehead atoms. The highest BCUT2D eigenvalue weighted by molar-refractivity contribution is 5.52. The molecule has 1 rings (SSSR count). The molecule has 2 nitrogen and oxygen atoms in total. The molecule has 0 aliphatic heterocycles. The van der Waals surface area contributed by atoms with E-state index < -0.39 is 0 Å². The predicted octanol–water partition coefficient (Wildman–Crippen LogP) is 2.01. The van der Waals surface area contributed by atoms with Gasteiger partial charge in [-0.1, -0.05) is 17.9 Å². The number of benzene rings is 1. The molecule has 0 amide bonds. The van der Waals surface area contributed by atoms with Gasteiger partial charge in [-0.3, -0.25) is 0 Å². The molecular weight excluding hydrogens is 186 g/mol. The molecule has 0 radical (unpaired) electrons. The normalized spacial score (nSPS) is 9.33. The average molecular weight is 203 g/mol. The molecule has 0 spiro atoms. The Morgan fingerprint density at radius 1 is 1.33 bits per heavy atom. The maximum absolute atomic E-state index is 5.39. The van der Waals surface area contributed by atoms with E-state index in [0.717, 1.165) is 23.3 Å². The van der Waals surface area contributed by atoms with E-state index in [2.05, 4.69) is 17.9 Å². The van der Waals surface area contributed by atoms with Gasteiger partial charge in [0, 0.05) is 13.0 Å². The van der Waals surface area contributed by atoms with Crippen molar-refractivity contribution in [3.63, 3.8) is 0 Å². The van der Waals surface area contributed by atoms with Crippen LogP contribution in [0.25, 0.3) is 0 Å². The van der Waals surface area contributed by atoms with Gasteiger partial charge in [0.1, 0.15) is 5.75 Å². The zero-order valence-electron chi connectivity index (χ0n) is 9.55. The second-order valence-electron chi connectivity index (χ2n) is 3.50. The fourth-order valence-electron chi connectivity index (χ4n) is 1.47. The summed E-state index contributed by atoms with van der Waals surface area (Å²) in [5.74, 6) is 6.98. The monoisotopic (exact) mass is 203 g/mol. The highest BCUT2D eigenvalue weighted by Gasteiger charge is 2.04. The number of aryl methyl sites for hydroxylation is 2. The molecule has 2 N–H and O–H groups in total. The number of hydrogen-bond donors (Lipinski definition) is 1. The van der Waals surface area contributed by atoms with Gasteiger partial charge in [-0.05, 0) is 31.0 Å². The Kier molecular flexibility index (Phi) is 4.20. The van der Waals surface area contributed by atoms with Crippen LogP contribution in [0.1, 0.15) is 23.1 Å². The molecule has 15 heavy (non-hydrogen) atoms. The van der Waals surface area contributed by atoms with E-state index in [-0.39, 0.29) is 0 Å². The third-order valence-corrected chi connectivity index (χ3v) is 2.15. The molecule has 1 aromatic rings. The third kappa shape index (κ3) is 3.00. The van der Waals surface area contributed by atoms with Gasteiger partial charge in [-0.25, -0.2) is 0 Å². The molecule has 2 heteroatoms. The van der Waals surface area contributed by atoms with Gasteiger partial charge in [0.25, 0.3) is 0 Å². The van der Waals surface area contributed by atoms with Crippen LogP contribution in [-0.2, 0) is 0 Å². The average Bonchev–Trinajstić information content (AvgIpc) is 2.20. The SMILES string of the molecule is COc1cc(C)cc(C)c1C#CCCN. The Morgan fingerprint density at radius 3 is 2.67 bits per heavy atom. The van der Waals surface area contributed by atoms with Gasteiger partial charge in [-0.2, -0.15) is 0 Å². The van der Waals surface area contributed by atoms with Gasteiger partial charge in [0.05, 0.1) is 12.7 Å². The Morgan fingerprint density at radius 2 is 2.07 bits per heavy atom. The summed E-state index contributed by atoms with van der Waals surface area (Å²) < 4.78 is 5.30. The second kappa shape index (κ2) is 5.43. The van der Waals surface area contributed by atoms with Crippen molar-refractivity contribution in [2.75, 3.05) is 13.7 Å². The molecule has 0 saturated heterocycles. The first-order valence-electron chi connectivity index (χ1n) is 5.03. The summed E-state index contributed by atoms with van der Waals surface area (Å²) in [6.07, 6.45) is 0.719.